The molecule has 0 aliphatic carbocycles. The molecule has 122 valence electrons. The Morgan fingerprint density at radius 2 is 1.71 bits per heavy atom. The van der Waals surface area contributed by atoms with Crippen molar-refractivity contribution in [2.75, 3.05) is 6.54 Å². The highest BCUT2D eigenvalue weighted by Gasteiger charge is 2.38. The Balaban J connectivity index is 1.59. The number of nitrogens with one attached hydrogen (secondary N) is 1. The van der Waals surface area contributed by atoms with E-state index in [1.807, 2.05) is 6.92 Å². The Bertz CT molecular complexity index is 823. The number of rotatable bonds is 4. The zero-order valence-electron chi connectivity index (χ0n) is 12.6. The van der Waals surface area contributed by atoms with Gasteiger partial charge in [-0.1, -0.05) is 17.2 Å². The molecular weight excluding hydrogens is 332 g/mol. The van der Waals surface area contributed by atoms with Crippen molar-refractivity contribution in [3.05, 3.63) is 57.3 Å². The number of carbonyl (C=O) groups excluding carboxylic acids is 4. The molecule has 1 aliphatic rings. The van der Waals surface area contributed by atoms with E-state index in [9.17, 15) is 19.2 Å². The predicted molar refractivity (Wildman–Crippen MR) is 84.4 cm³/mol. The second-order valence-corrected chi connectivity index (χ2v) is 6.29. The van der Waals surface area contributed by atoms with Crippen molar-refractivity contribution in [2.45, 2.75) is 6.92 Å². The second kappa shape index (κ2) is 6.25. The Labute approximate surface area is 140 Å². The van der Waals surface area contributed by atoms with E-state index in [2.05, 4.69) is 5.32 Å². The summed E-state index contributed by atoms with van der Waals surface area (Å²) in [4.78, 5) is 54.0. The lowest BCUT2D eigenvalue weighted by atomic mass is 10.1. The maximum atomic E-state index is 12.0. The van der Waals surface area contributed by atoms with Crippen LogP contribution in [0.25, 0.3) is 0 Å². The second-order valence-electron chi connectivity index (χ2n) is 5.01. The van der Waals surface area contributed by atoms with Gasteiger partial charge in [-0.05, 0) is 31.2 Å². The third-order valence-electron chi connectivity index (χ3n) is 3.31. The van der Waals surface area contributed by atoms with E-state index in [4.69, 9.17) is 4.84 Å². The summed E-state index contributed by atoms with van der Waals surface area (Å²) in [5, 5.41) is 2.80. The molecule has 1 aliphatic heterocycles. The first kappa shape index (κ1) is 15.9. The first-order valence-corrected chi connectivity index (χ1v) is 7.82. The fraction of sp³-hybridized carbons (Fsp3) is 0.125. The number of imide groups is 1. The van der Waals surface area contributed by atoms with Crippen molar-refractivity contribution in [1.82, 2.24) is 10.4 Å². The van der Waals surface area contributed by atoms with Crippen molar-refractivity contribution < 1.29 is 24.0 Å². The van der Waals surface area contributed by atoms with E-state index in [0.29, 0.717) is 9.94 Å². The van der Waals surface area contributed by atoms with Crippen LogP contribution >= 0.6 is 11.3 Å². The molecule has 2 heterocycles. The standard InChI is InChI=1S/C16H12N2O5S/c1-9-6-7-12(24-9)14(20)17-8-13(19)23-18-15(21)10-4-2-3-5-11(10)16(18)22/h2-7H,8H2,1H3,(H,17,20). The van der Waals surface area contributed by atoms with Crippen LogP contribution < -0.4 is 5.32 Å². The third-order valence-corrected chi connectivity index (χ3v) is 4.31. The number of hydrogen-bond acceptors (Lipinski definition) is 6. The van der Waals surface area contributed by atoms with Crippen molar-refractivity contribution >= 4 is 35.0 Å². The first-order chi connectivity index (χ1) is 11.5. The van der Waals surface area contributed by atoms with Crippen LogP contribution in [0.5, 0.6) is 0 Å². The lowest BCUT2D eigenvalue weighted by Gasteiger charge is -2.12. The summed E-state index contributed by atoms with van der Waals surface area (Å²) in [5.41, 5.74) is 0.349. The molecule has 8 heteroatoms. The molecule has 24 heavy (non-hydrogen) atoms. The zero-order valence-corrected chi connectivity index (χ0v) is 13.4. The summed E-state index contributed by atoms with van der Waals surface area (Å²) in [6.07, 6.45) is 0. The number of nitrogens with zero attached hydrogens (tertiary/aromatic N) is 1. The summed E-state index contributed by atoms with van der Waals surface area (Å²) in [6.45, 7) is 1.40. The van der Waals surface area contributed by atoms with Gasteiger partial charge in [0.25, 0.3) is 17.7 Å². The molecule has 2 aromatic rings. The SMILES string of the molecule is Cc1ccc(C(=O)NCC(=O)ON2C(=O)c3ccccc3C2=O)s1. The highest BCUT2D eigenvalue weighted by Crippen LogP contribution is 2.22. The molecule has 0 fully saturated rings. The maximum absolute atomic E-state index is 12.0. The van der Waals surface area contributed by atoms with Crippen LogP contribution in [0, 0.1) is 6.92 Å². The molecule has 3 rings (SSSR count). The average Bonchev–Trinajstić information content (AvgIpc) is 3.11. The number of benzene rings is 1. The summed E-state index contributed by atoms with van der Waals surface area (Å²) in [5.74, 6) is -2.74. The number of hydroxylamine groups is 2. The van der Waals surface area contributed by atoms with E-state index in [1.165, 1.54) is 23.5 Å². The van der Waals surface area contributed by atoms with E-state index in [1.54, 1.807) is 24.3 Å². The number of hydrogen-bond donors (Lipinski definition) is 1. The normalized spacial score (nSPS) is 13.0. The quantitative estimate of drug-likeness (QED) is 0.849. The molecule has 0 unspecified atom stereocenters. The van der Waals surface area contributed by atoms with E-state index < -0.39 is 30.2 Å². The highest BCUT2D eigenvalue weighted by atomic mass is 32.1. The minimum atomic E-state index is -0.911. The van der Waals surface area contributed by atoms with Gasteiger partial charge in [0, 0.05) is 4.88 Å². The molecule has 0 atom stereocenters. The summed E-state index contributed by atoms with van der Waals surface area (Å²) >= 11 is 1.29. The summed E-state index contributed by atoms with van der Waals surface area (Å²) in [6, 6.07) is 9.60. The number of carbonyl (C=O) groups is 4. The molecule has 0 bridgehead atoms. The van der Waals surface area contributed by atoms with E-state index >= 15 is 0 Å². The third kappa shape index (κ3) is 2.91. The van der Waals surface area contributed by atoms with Crippen molar-refractivity contribution in [2.24, 2.45) is 0 Å². The zero-order chi connectivity index (χ0) is 17.3. The first-order valence-electron chi connectivity index (χ1n) is 7.00. The maximum Gasteiger partial charge on any atom is 0.352 e. The predicted octanol–water partition coefficient (Wildman–Crippen LogP) is 1.54. The molecule has 1 aromatic carbocycles. The van der Waals surface area contributed by atoms with E-state index in [-0.39, 0.29) is 11.1 Å². The molecular formula is C16H12N2O5S. The van der Waals surface area contributed by atoms with E-state index in [0.717, 1.165) is 4.88 Å². The Morgan fingerprint density at radius 3 is 2.25 bits per heavy atom. The van der Waals surface area contributed by atoms with Gasteiger partial charge in [-0.3, -0.25) is 14.4 Å². The Hall–Kier alpha value is -3.00. The molecule has 7 nitrogen and oxygen atoms in total. The molecule has 3 amide bonds. The molecule has 0 spiro atoms. The highest BCUT2D eigenvalue weighted by molar-refractivity contribution is 7.13. The molecule has 0 saturated carbocycles. The summed E-state index contributed by atoms with van der Waals surface area (Å²) in [7, 11) is 0. The Morgan fingerprint density at radius 1 is 1.08 bits per heavy atom. The topological polar surface area (TPSA) is 92.8 Å². The van der Waals surface area contributed by atoms with Crippen molar-refractivity contribution in [1.29, 1.82) is 0 Å². The van der Waals surface area contributed by atoms with Gasteiger partial charge in [0.15, 0.2) is 0 Å². The fourth-order valence-electron chi connectivity index (χ4n) is 2.18. The summed E-state index contributed by atoms with van der Waals surface area (Å²) < 4.78 is 0. The smallest absolute Gasteiger partial charge is 0.340 e. The van der Waals surface area contributed by atoms with Gasteiger partial charge >= 0.3 is 5.97 Å². The van der Waals surface area contributed by atoms with Gasteiger partial charge in [-0.15, -0.1) is 11.3 Å². The van der Waals surface area contributed by atoms with Crippen LogP contribution in [-0.4, -0.2) is 35.3 Å². The Kier molecular flexibility index (Phi) is 4.13. The fourth-order valence-corrected chi connectivity index (χ4v) is 2.96. The van der Waals surface area contributed by atoms with Crippen LogP contribution in [0.2, 0.25) is 0 Å². The average molecular weight is 344 g/mol. The van der Waals surface area contributed by atoms with Crippen LogP contribution in [0.1, 0.15) is 35.3 Å². The van der Waals surface area contributed by atoms with Crippen LogP contribution in [0.15, 0.2) is 36.4 Å². The monoisotopic (exact) mass is 344 g/mol. The van der Waals surface area contributed by atoms with Gasteiger partial charge in [-0.2, -0.15) is 0 Å². The van der Waals surface area contributed by atoms with Gasteiger partial charge in [0.1, 0.15) is 6.54 Å². The van der Waals surface area contributed by atoms with Crippen molar-refractivity contribution in [3.63, 3.8) is 0 Å². The number of fused-ring (bicyclic) bond motifs is 1. The van der Waals surface area contributed by atoms with Crippen molar-refractivity contribution in [3.8, 4) is 0 Å². The van der Waals surface area contributed by atoms with Gasteiger partial charge < -0.3 is 10.2 Å². The lowest BCUT2D eigenvalue weighted by molar-refractivity contribution is -0.167. The van der Waals surface area contributed by atoms with Crippen LogP contribution in [-0.2, 0) is 9.63 Å². The van der Waals surface area contributed by atoms with Gasteiger partial charge in [0.05, 0.1) is 16.0 Å². The molecule has 1 aromatic heterocycles. The van der Waals surface area contributed by atoms with Gasteiger partial charge in [-0.25, -0.2) is 4.79 Å². The molecule has 0 radical (unpaired) electrons. The number of aryl methyl sites for hydroxylation is 1. The van der Waals surface area contributed by atoms with Crippen LogP contribution in [0.4, 0.5) is 0 Å². The van der Waals surface area contributed by atoms with Gasteiger partial charge in [0.2, 0.25) is 0 Å². The molecule has 0 saturated heterocycles. The largest absolute Gasteiger partial charge is 0.352 e. The minimum absolute atomic E-state index is 0.174. The number of amides is 3. The lowest BCUT2D eigenvalue weighted by Crippen LogP contribution is -2.37. The molecule has 1 N–H and O–H groups in total. The van der Waals surface area contributed by atoms with Crippen LogP contribution in [0.3, 0.4) is 0 Å². The number of thiophene rings is 1. The minimum Gasteiger partial charge on any atom is -0.340 e.